The number of ether oxygens (including phenoxy) is 1. The molecule has 0 radical (unpaired) electrons. The van der Waals surface area contributed by atoms with Crippen molar-refractivity contribution in [2.45, 2.75) is 0 Å². The fraction of sp³-hybridized carbons (Fsp3) is 0.0714. The summed E-state index contributed by atoms with van der Waals surface area (Å²) >= 11 is 0. The first-order chi connectivity index (χ1) is 9.78. The highest BCUT2D eigenvalue weighted by molar-refractivity contribution is 5.70. The monoisotopic (exact) mass is 268 g/mol. The lowest BCUT2D eigenvalue weighted by Gasteiger charge is -2.00. The van der Waals surface area contributed by atoms with E-state index in [0.29, 0.717) is 23.0 Å². The summed E-state index contributed by atoms with van der Waals surface area (Å²) < 4.78 is 10.4. The van der Waals surface area contributed by atoms with Gasteiger partial charge in [0.2, 0.25) is 5.82 Å². The van der Waals surface area contributed by atoms with Crippen LogP contribution in [0.4, 0.5) is 5.69 Å². The number of anilines is 1. The Hall–Kier alpha value is -2.89. The Morgan fingerprint density at radius 1 is 1.25 bits per heavy atom. The molecule has 100 valence electrons. The topological polar surface area (TPSA) is 87.1 Å². The second-order valence-corrected chi connectivity index (χ2v) is 4.12. The van der Waals surface area contributed by atoms with E-state index in [9.17, 15) is 0 Å². The van der Waals surface area contributed by atoms with E-state index in [0.717, 1.165) is 11.3 Å². The van der Waals surface area contributed by atoms with Gasteiger partial charge in [0, 0.05) is 11.8 Å². The van der Waals surface area contributed by atoms with Crippen LogP contribution in [0.15, 0.2) is 47.2 Å². The van der Waals surface area contributed by atoms with Crippen LogP contribution in [0.2, 0.25) is 0 Å². The molecule has 0 saturated carbocycles. The highest BCUT2D eigenvalue weighted by atomic mass is 16.5. The van der Waals surface area contributed by atoms with Gasteiger partial charge < -0.3 is 15.0 Å². The first kappa shape index (κ1) is 12.2. The second-order valence-electron chi connectivity index (χ2n) is 4.12. The van der Waals surface area contributed by atoms with Crippen molar-refractivity contribution in [3.05, 3.63) is 42.7 Å². The molecule has 6 nitrogen and oxygen atoms in total. The predicted octanol–water partition coefficient (Wildman–Crippen LogP) is 2.39. The molecule has 0 fully saturated rings. The molecule has 0 unspecified atom stereocenters. The average Bonchev–Trinajstić information content (AvgIpc) is 2.97. The predicted molar refractivity (Wildman–Crippen MR) is 73.9 cm³/mol. The lowest BCUT2D eigenvalue weighted by Crippen LogP contribution is -1.91. The molecule has 0 atom stereocenters. The van der Waals surface area contributed by atoms with Gasteiger partial charge in [-0.1, -0.05) is 17.3 Å². The van der Waals surface area contributed by atoms with Gasteiger partial charge in [-0.15, -0.1) is 0 Å². The minimum absolute atomic E-state index is 0.364. The Morgan fingerprint density at radius 3 is 2.95 bits per heavy atom. The summed E-state index contributed by atoms with van der Waals surface area (Å²) in [5.41, 5.74) is 7.81. The van der Waals surface area contributed by atoms with E-state index in [-0.39, 0.29) is 0 Å². The van der Waals surface area contributed by atoms with Crippen molar-refractivity contribution in [3.8, 4) is 28.6 Å². The molecule has 0 aliphatic carbocycles. The average molecular weight is 268 g/mol. The first-order valence-corrected chi connectivity index (χ1v) is 5.96. The Morgan fingerprint density at radius 2 is 2.15 bits per heavy atom. The van der Waals surface area contributed by atoms with Crippen molar-refractivity contribution in [1.82, 2.24) is 15.1 Å². The normalized spacial score (nSPS) is 10.4. The highest BCUT2D eigenvalue weighted by Gasteiger charge is 2.13. The summed E-state index contributed by atoms with van der Waals surface area (Å²) in [7, 11) is 1.61. The number of nitrogens with zero attached hydrogens (tertiary/aromatic N) is 3. The zero-order valence-corrected chi connectivity index (χ0v) is 10.8. The Labute approximate surface area is 115 Å². The van der Waals surface area contributed by atoms with Crippen molar-refractivity contribution < 1.29 is 9.26 Å². The van der Waals surface area contributed by atoms with Gasteiger partial charge in [-0.05, 0) is 18.2 Å². The van der Waals surface area contributed by atoms with Gasteiger partial charge >= 0.3 is 0 Å². The fourth-order valence-corrected chi connectivity index (χ4v) is 1.81. The number of hydrogen-bond donors (Lipinski definition) is 1. The molecule has 3 rings (SSSR count). The van der Waals surface area contributed by atoms with Crippen LogP contribution < -0.4 is 10.5 Å². The Kier molecular flexibility index (Phi) is 3.04. The zero-order valence-electron chi connectivity index (χ0n) is 10.8. The van der Waals surface area contributed by atoms with E-state index < -0.39 is 0 Å². The van der Waals surface area contributed by atoms with Gasteiger partial charge in [-0.2, -0.15) is 4.98 Å². The summed E-state index contributed by atoms with van der Waals surface area (Å²) in [6.07, 6.45) is 3.17. The van der Waals surface area contributed by atoms with E-state index in [1.165, 1.54) is 0 Å². The van der Waals surface area contributed by atoms with Crippen LogP contribution in [-0.2, 0) is 0 Å². The molecule has 6 heteroatoms. The molecule has 0 spiro atoms. The molecule has 0 aliphatic rings. The molecular weight excluding hydrogens is 256 g/mol. The third-order valence-electron chi connectivity index (χ3n) is 2.84. The number of nitrogens with two attached hydrogens (primary N) is 1. The SMILES string of the molecule is COc1cccc(-c2noc(-c3ccncc3N)n2)c1. The molecule has 1 aromatic carbocycles. The smallest absolute Gasteiger partial charge is 0.260 e. The lowest BCUT2D eigenvalue weighted by atomic mass is 10.2. The van der Waals surface area contributed by atoms with Crippen LogP contribution in [0.25, 0.3) is 22.8 Å². The van der Waals surface area contributed by atoms with Gasteiger partial charge in [-0.3, -0.25) is 4.98 Å². The van der Waals surface area contributed by atoms with Gasteiger partial charge in [0.25, 0.3) is 5.89 Å². The number of aromatic nitrogens is 3. The molecule has 2 aromatic heterocycles. The van der Waals surface area contributed by atoms with E-state index in [1.54, 1.807) is 25.6 Å². The summed E-state index contributed by atoms with van der Waals surface area (Å²) in [5.74, 6) is 1.58. The van der Waals surface area contributed by atoms with Gasteiger partial charge in [0.15, 0.2) is 0 Å². The van der Waals surface area contributed by atoms with Crippen LogP contribution >= 0.6 is 0 Å². The summed E-state index contributed by atoms with van der Waals surface area (Å²) in [6, 6.07) is 9.17. The van der Waals surface area contributed by atoms with Crippen molar-refractivity contribution in [3.63, 3.8) is 0 Å². The maximum absolute atomic E-state index is 5.84. The summed E-state index contributed by atoms with van der Waals surface area (Å²) in [4.78, 5) is 8.27. The maximum atomic E-state index is 5.84. The van der Waals surface area contributed by atoms with E-state index >= 15 is 0 Å². The van der Waals surface area contributed by atoms with Crippen LogP contribution in [0.5, 0.6) is 5.75 Å². The third-order valence-corrected chi connectivity index (χ3v) is 2.84. The van der Waals surface area contributed by atoms with Gasteiger partial charge in [0.1, 0.15) is 5.75 Å². The number of benzene rings is 1. The largest absolute Gasteiger partial charge is 0.497 e. The van der Waals surface area contributed by atoms with E-state index in [4.69, 9.17) is 15.0 Å². The molecular formula is C14H12N4O2. The summed E-state index contributed by atoms with van der Waals surface area (Å²) in [5, 5.41) is 3.96. The van der Waals surface area contributed by atoms with Crippen LogP contribution in [0.3, 0.4) is 0 Å². The highest BCUT2D eigenvalue weighted by Crippen LogP contribution is 2.27. The molecule has 2 heterocycles. The Balaban J connectivity index is 2.00. The molecule has 20 heavy (non-hydrogen) atoms. The van der Waals surface area contributed by atoms with Crippen LogP contribution in [-0.4, -0.2) is 22.2 Å². The maximum Gasteiger partial charge on any atom is 0.260 e. The number of hydrogen-bond acceptors (Lipinski definition) is 6. The minimum Gasteiger partial charge on any atom is -0.497 e. The summed E-state index contributed by atoms with van der Waals surface area (Å²) in [6.45, 7) is 0. The molecule has 2 N–H and O–H groups in total. The van der Waals surface area contributed by atoms with Crippen molar-refractivity contribution >= 4 is 5.69 Å². The van der Waals surface area contributed by atoms with Crippen LogP contribution in [0.1, 0.15) is 0 Å². The molecule has 0 saturated heterocycles. The van der Waals surface area contributed by atoms with E-state index in [1.807, 2.05) is 24.3 Å². The molecule has 0 aliphatic heterocycles. The molecule has 3 aromatic rings. The quantitative estimate of drug-likeness (QED) is 0.784. The Bertz CT molecular complexity index is 739. The van der Waals surface area contributed by atoms with Gasteiger partial charge in [0.05, 0.1) is 24.6 Å². The number of methoxy groups -OCH3 is 1. The minimum atomic E-state index is 0.364. The van der Waals surface area contributed by atoms with Crippen molar-refractivity contribution in [1.29, 1.82) is 0 Å². The number of nitrogen functional groups attached to an aromatic ring is 1. The second kappa shape index (κ2) is 5.00. The first-order valence-electron chi connectivity index (χ1n) is 5.96. The van der Waals surface area contributed by atoms with Crippen molar-refractivity contribution in [2.24, 2.45) is 0 Å². The third kappa shape index (κ3) is 2.18. The lowest BCUT2D eigenvalue weighted by molar-refractivity contribution is 0.414. The molecule has 0 bridgehead atoms. The van der Waals surface area contributed by atoms with Gasteiger partial charge in [-0.25, -0.2) is 0 Å². The number of pyridine rings is 1. The van der Waals surface area contributed by atoms with E-state index in [2.05, 4.69) is 15.1 Å². The van der Waals surface area contributed by atoms with Crippen molar-refractivity contribution in [2.75, 3.05) is 12.8 Å². The van der Waals surface area contributed by atoms with Crippen LogP contribution in [0, 0.1) is 0 Å². The number of rotatable bonds is 3. The fourth-order valence-electron chi connectivity index (χ4n) is 1.81. The zero-order chi connectivity index (χ0) is 13.9. The molecule has 0 amide bonds. The standard InChI is InChI=1S/C14H12N4O2/c1-19-10-4-2-3-9(7-10)13-17-14(20-18-13)11-5-6-16-8-12(11)15/h2-8H,15H2,1H3.